The van der Waals surface area contributed by atoms with Gasteiger partial charge in [0.25, 0.3) is 0 Å². The van der Waals surface area contributed by atoms with E-state index < -0.39 is 0 Å². The molecule has 4 heteroatoms. The molecule has 1 aromatic carbocycles. The fraction of sp³-hybridized carbons (Fsp3) is 0.667. The van der Waals surface area contributed by atoms with E-state index in [1.807, 2.05) is 6.07 Å². The summed E-state index contributed by atoms with van der Waals surface area (Å²) >= 11 is 0. The summed E-state index contributed by atoms with van der Waals surface area (Å²) in [7, 11) is 3.53. The van der Waals surface area contributed by atoms with Gasteiger partial charge >= 0.3 is 0 Å². The fourth-order valence-corrected chi connectivity index (χ4v) is 3.16. The van der Waals surface area contributed by atoms with Crippen molar-refractivity contribution in [2.24, 2.45) is 0 Å². The van der Waals surface area contributed by atoms with Crippen molar-refractivity contribution in [2.45, 2.75) is 25.8 Å². The minimum atomic E-state index is 0.409. The molecule has 0 bridgehead atoms. The van der Waals surface area contributed by atoms with Crippen LogP contribution in [0.1, 0.15) is 31.4 Å². The van der Waals surface area contributed by atoms with Crippen LogP contribution in [0.25, 0.3) is 0 Å². The maximum Gasteiger partial charge on any atom is 0.123 e. The second-order valence-corrected chi connectivity index (χ2v) is 6.00. The Kier molecular flexibility index (Phi) is 7.16. The molecule has 0 amide bonds. The highest BCUT2D eigenvalue weighted by atomic mass is 16.5. The average molecular weight is 306 g/mol. The lowest BCUT2D eigenvalue weighted by Gasteiger charge is -2.38. The van der Waals surface area contributed by atoms with Crippen molar-refractivity contribution in [3.8, 4) is 5.75 Å². The first-order valence-corrected chi connectivity index (χ1v) is 8.34. The van der Waals surface area contributed by atoms with Gasteiger partial charge < -0.3 is 14.4 Å². The van der Waals surface area contributed by atoms with E-state index in [9.17, 15) is 0 Å². The summed E-state index contributed by atoms with van der Waals surface area (Å²) in [6.45, 7) is 8.93. The van der Waals surface area contributed by atoms with Gasteiger partial charge in [-0.05, 0) is 32.4 Å². The highest BCUT2D eigenvalue weighted by Gasteiger charge is 2.23. The van der Waals surface area contributed by atoms with Gasteiger partial charge in [0.1, 0.15) is 5.75 Å². The first-order valence-electron chi connectivity index (χ1n) is 8.34. The molecule has 0 N–H and O–H groups in total. The van der Waals surface area contributed by atoms with Crippen LogP contribution in [0.3, 0.4) is 0 Å². The van der Waals surface area contributed by atoms with Crippen LogP contribution < -0.4 is 4.74 Å². The van der Waals surface area contributed by atoms with E-state index in [0.29, 0.717) is 6.04 Å². The molecule has 1 aliphatic rings. The monoisotopic (exact) mass is 306 g/mol. The van der Waals surface area contributed by atoms with Crippen LogP contribution in [0.2, 0.25) is 0 Å². The number of methoxy groups -OCH3 is 2. The number of benzene rings is 1. The first-order chi connectivity index (χ1) is 10.8. The summed E-state index contributed by atoms with van der Waals surface area (Å²) in [4.78, 5) is 5.13. The topological polar surface area (TPSA) is 24.9 Å². The Morgan fingerprint density at radius 3 is 2.45 bits per heavy atom. The summed E-state index contributed by atoms with van der Waals surface area (Å²) in [5.41, 5.74) is 1.29. The zero-order valence-electron chi connectivity index (χ0n) is 14.3. The van der Waals surface area contributed by atoms with Gasteiger partial charge in [0, 0.05) is 51.5 Å². The quantitative estimate of drug-likeness (QED) is 0.690. The van der Waals surface area contributed by atoms with E-state index in [1.54, 1.807) is 14.2 Å². The van der Waals surface area contributed by atoms with E-state index in [-0.39, 0.29) is 0 Å². The smallest absolute Gasteiger partial charge is 0.123 e. The summed E-state index contributed by atoms with van der Waals surface area (Å²) in [6, 6.07) is 8.78. The lowest BCUT2D eigenvalue weighted by Crippen LogP contribution is -2.47. The molecule has 124 valence electrons. The van der Waals surface area contributed by atoms with Crippen molar-refractivity contribution in [3.63, 3.8) is 0 Å². The van der Waals surface area contributed by atoms with Crippen LogP contribution in [0.5, 0.6) is 5.75 Å². The third-order valence-corrected chi connectivity index (χ3v) is 4.62. The largest absolute Gasteiger partial charge is 0.496 e. The Hall–Kier alpha value is -1.10. The SMILES string of the molecule is COCCCCN1CCN([C@@H](C)c2ccccc2OC)CC1. The van der Waals surface area contributed by atoms with Crippen molar-refractivity contribution in [2.75, 3.05) is 53.6 Å². The Labute approximate surface area is 135 Å². The van der Waals surface area contributed by atoms with Crippen LogP contribution in [0.15, 0.2) is 24.3 Å². The molecule has 0 aliphatic carbocycles. The molecule has 0 radical (unpaired) electrons. The second kappa shape index (κ2) is 9.13. The third-order valence-electron chi connectivity index (χ3n) is 4.62. The van der Waals surface area contributed by atoms with Crippen LogP contribution in [0.4, 0.5) is 0 Å². The van der Waals surface area contributed by atoms with Crippen molar-refractivity contribution in [1.82, 2.24) is 9.80 Å². The van der Waals surface area contributed by atoms with Crippen molar-refractivity contribution in [1.29, 1.82) is 0 Å². The Bertz CT molecular complexity index is 431. The first kappa shape index (κ1) is 17.3. The summed E-state index contributed by atoms with van der Waals surface area (Å²) in [6.07, 6.45) is 2.39. The number of unbranched alkanes of at least 4 members (excludes halogenated alkanes) is 1. The number of ether oxygens (including phenoxy) is 2. The molecule has 0 spiro atoms. The fourth-order valence-electron chi connectivity index (χ4n) is 3.16. The summed E-state index contributed by atoms with van der Waals surface area (Å²) in [5.74, 6) is 0.997. The Morgan fingerprint density at radius 1 is 1.05 bits per heavy atom. The molecule has 0 unspecified atom stereocenters. The van der Waals surface area contributed by atoms with Gasteiger partial charge in [-0.25, -0.2) is 0 Å². The van der Waals surface area contributed by atoms with Gasteiger partial charge in [-0.1, -0.05) is 18.2 Å². The highest BCUT2D eigenvalue weighted by Crippen LogP contribution is 2.29. The second-order valence-electron chi connectivity index (χ2n) is 6.00. The van der Waals surface area contributed by atoms with Crippen LogP contribution in [0, 0.1) is 0 Å². The number of rotatable bonds is 8. The molecule has 1 aromatic rings. The van der Waals surface area contributed by atoms with Gasteiger partial charge in [-0.3, -0.25) is 4.90 Å². The maximum atomic E-state index is 5.51. The van der Waals surface area contributed by atoms with E-state index in [2.05, 4.69) is 34.9 Å². The standard InChI is InChI=1S/C18H30N2O2/c1-16(17-8-4-5-9-18(17)22-3)20-13-11-19(12-14-20)10-6-7-15-21-2/h4-5,8-9,16H,6-7,10-15H2,1-3H3/t16-/m0/s1. The predicted molar refractivity (Wildman–Crippen MR) is 90.5 cm³/mol. The van der Waals surface area contributed by atoms with Gasteiger partial charge in [0.2, 0.25) is 0 Å². The van der Waals surface area contributed by atoms with Crippen LogP contribution in [-0.4, -0.2) is 63.4 Å². The number of para-hydroxylation sites is 1. The molecule has 4 nitrogen and oxygen atoms in total. The third kappa shape index (κ3) is 4.70. The molecule has 1 fully saturated rings. The normalized spacial score (nSPS) is 18.3. The molecular formula is C18H30N2O2. The van der Waals surface area contributed by atoms with Crippen molar-refractivity contribution in [3.05, 3.63) is 29.8 Å². The predicted octanol–water partition coefficient (Wildman–Crippen LogP) is 2.80. The minimum absolute atomic E-state index is 0.409. The number of hydrogen-bond acceptors (Lipinski definition) is 4. The zero-order chi connectivity index (χ0) is 15.8. The Morgan fingerprint density at radius 2 is 1.77 bits per heavy atom. The molecule has 2 rings (SSSR count). The maximum absolute atomic E-state index is 5.51. The van der Waals surface area contributed by atoms with Crippen molar-refractivity contribution >= 4 is 0 Å². The van der Waals surface area contributed by atoms with E-state index in [1.165, 1.54) is 18.5 Å². The molecule has 0 saturated carbocycles. The van der Waals surface area contributed by atoms with Gasteiger partial charge in [0.15, 0.2) is 0 Å². The lowest BCUT2D eigenvalue weighted by molar-refractivity contribution is 0.0976. The van der Waals surface area contributed by atoms with Gasteiger partial charge in [-0.2, -0.15) is 0 Å². The summed E-state index contributed by atoms with van der Waals surface area (Å²) < 4.78 is 10.6. The molecule has 1 heterocycles. The number of nitrogens with zero attached hydrogens (tertiary/aromatic N) is 2. The number of hydrogen-bond donors (Lipinski definition) is 0. The lowest BCUT2D eigenvalue weighted by atomic mass is 10.0. The number of piperazine rings is 1. The van der Waals surface area contributed by atoms with Crippen molar-refractivity contribution < 1.29 is 9.47 Å². The molecule has 1 atom stereocenters. The molecule has 0 aromatic heterocycles. The van der Waals surface area contributed by atoms with E-state index in [4.69, 9.17) is 9.47 Å². The summed E-state index contributed by atoms with van der Waals surface area (Å²) in [5, 5.41) is 0. The minimum Gasteiger partial charge on any atom is -0.496 e. The van der Waals surface area contributed by atoms with Gasteiger partial charge in [-0.15, -0.1) is 0 Å². The zero-order valence-corrected chi connectivity index (χ0v) is 14.3. The highest BCUT2D eigenvalue weighted by molar-refractivity contribution is 5.35. The van der Waals surface area contributed by atoms with Crippen LogP contribution >= 0.6 is 0 Å². The molecule has 22 heavy (non-hydrogen) atoms. The molecule has 1 saturated heterocycles. The van der Waals surface area contributed by atoms with Crippen LogP contribution in [-0.2, 0) is 4.74 Å². The molecular weight excluding hydrogens is 276 g/mol. The van der Waals surface area contributed by atoms with E-state index >= 15 is 0 Å². The van der Waals surface area contributed by atoms with Gasteiger partial charge in [0.05, 0.1) is 7.11 Å². The Balaban J connectivity index is 1.81. The molecule has 1 aliphatic heterocycles. The van der Waals surface area contributed by atoms with E-state index in [0.717, 1.165) is 45.0 Å². The average Bonchev–Trinajstić information content (AvgIpc) is 2.58.